The van der Waals surface area contributed by atoms with Gasteiger partial charge in [0.25, 0.3) is 0 Å². The van der Waals surface area contributed by atoms with Crippen LogP contribution < -0.4 is 14.8 Å². The molecule has 0 radical (unpaired) electrons. The molecule has 2 heterocycles. The molecule has 8 heteroatoms. The van der Waals surface area contributed by atoms with Gasteiger partial charge in [-0.2, -0.15) is 4.98 Å². The van der Waals surface area contributed by atoms with E-state index in [0.29, 0.717) is 42.6 Å². The zero-order valence-electron chi connectivity index (χ0n) is 15.8. The van der Waals surface area contributed by atoms with Crippen molar-refractivity contribution >= 4 is 5.91 Å². The summed E-state index contributed by atoms with van der Waals surface area (Å²) in [5.41, 5.74) is 1.83. The van der Waals surface area contributed by atoms with E-state index in [0.717, 1.165) is 11.1 Å². The third kappa shape index (κ3) is 5.06. The molecule has 0 unspecified atom stereocenters. The van der Waals surface area contributed by atoms with Gasteiger partial charge in [-0.3, -0.25) is 9.78 Å². The number of benzene rings is 1. The lowest BCUT2D eigenvalue weighted by molar-refractivity contribution is -0.121. The summed E-state index contributed by atoms with van der Waals surface area (Å²) in [6.07, 6.45) is 4.69. The molecule has 3 rings (SSSR count). The number of nitrogens with zero attached hydrogens (tertiary/aromatic N) is 3. The van der Waals surface area contributed by atoms with Gasteiger partial charge in [0, 0.05) is 37.3 Å². The number of carbonyl (C=O) groups is 1. The maximum absolute atomic E-state index is 12.1. The van der Waals surface area contributed by atoms with Crippen LogP contribution in [0.2, 0.25) is 0 Å². The first-order chi connectivity index (χ1) is 13.7. The molecular weight excluding hydrogens is 360 g/mol. The van der Waals surface area contributed by atoms with Crippen molar-refractivity contribution in [2.75, 3.05) is 20.8 Å². The van der Waals surface area contributed by atoms with Gasteiger partial charge in [-0.25, -0.2) is 0 Å². The zero-order valence-corrected chi connectivity index (χ0v) is 15.8. The van der Waals surface area contributed by atoms with E-state index >= 15 is 0 Å². The summed E-state index contributed by atoms with van der Waals surface area (Å²) in [4.78, 5) is 20.4. The molecule has 8 nitrogen and oxygen atoms in total. The second kappa shape index (κ2) is 9.50. The minimum Gasteiger partial charge on any atom is -0.493 e. The van der Waals surface area contributed by atoms with Crippen LogP contribution in [0.15, 0.2) is 47.2 Å². The SMILES string of the molecule is COc1ccc(CCNC(=O)CCc2nc(-c3cccnc3)no2)cc1OC. The van der Waals surface area contributed by atoms with Crippen molar-refractivity contribution in [3.05, 3.63) is 54.2 Å². The fraction of sp³-hybridized carbons (Fsp3) is 0.300. The lowest BCUT2D eigenvalue weighted by Crippen LogP contribution is -2.25. The number of rotatable bonds is 9. The Hall–Kier alpha value is -3.42. The van der Waals surface area contributed by atoms with Crippen LogP contribution in [0, 0.1) is 0 Å². The molecule has 0 saturated carbocycles. The molecule has 0 atom stereocenters. The lowest BCUT2D eigenvalue weighted by atomic mass is 10.1. The van der Waals surface area contributed by atoms with Gasteiger partial charge in [0.15, 0.2) is 11.5 Å². The summed E-state index contributed by atoms with van der Waals surface area (Å²) in [6, 6.07) is 9.36. The Bertz CT molecular complexity index is 912. The lowest BCUT2D eigenvalue weighted by Gasteiger charge is -2.10. The van der Waals surface area contributed by atoms with Crippen molar-refractivity contribution in [2.24, 2.45) is 0 Å². The number of methoxy groups -OCH3 is 2. The summed E-state index contributed by atoms with van der Waals surface area (Å²) < 4.78 is 15.7. The van der Waals surface area contributed by atoms with Crippen molar-refractivity contribution in [1.82, 2.24) is 20.4 Å². The van der Waals surface area contributed by atoms with Gasteiger partial charge in [-0.05, 0) is 36.2 Å². The Morgan fingerprint density at radius 2 is 2.00 bits per heavy atom. The molecule has 1 aromatic carbocycles. The van der Waals surface area contributed by atoms with Crippen molar-refractivity contribution in [3.63, 3.8) is 0 Å². The molecule has 0 spiro atoms. The van der Waals surface area contributed by atoms with Gasteiger partial charge in [-0.15, -0.1) is 0 Å². The van der Waals surface area contributed by atoms with Crippen molar-refractivity contribution < 1.29 is 18.8 Å². The van der Waals surface area contributed by atoms with Crippen LogP contribution in [-0.2, 0) is 17.6 Å². The molecule has 0 bridgehead atoms. The molecule has 1 amide bonds. The van der Waals surface area contributed by atoms with Gasteiger partial charge in [0.1, 0.15) is 0 Å². The highest BCUT2D eigenvalue weighted by Gasteiger charge is 2.11. The average Bonchev–Trinajstić information content (AvgIpc) is 3.22. The van der Waals surface area contributed by atoms with Crippen LogP contribution in [-0.4, -0.2) is 41.8 Å². The van der Waals surface area contributed by atoms with E-state index in [1.807, 2.05) is 24.3 Å². The molecule has 0 aliphatic heterocycles. The number of amides is 1. The van der Waals surface area contributed by atoms with E-state index < -0.39 is 0 Å². The van der Waals surface area contributed by atoms with Gasteiger partial charge in [0.05, 0.1) is 14.2 Å². The highest BCUT2D eigenvalue weighted by Crippen LogP contribution is 2.27. The first-order valence-corrected chi connectivity index (χ1v) is 8.90. The summed E-state index contributed by atoms with van der Waals surface area (Å²) in [7, 11) is 3.20. The van der Waals surface area contributed by atoms with Crippen LogP contribution in [0.3, 0.4) is 0 Å². The number of ether oxygens (including phenoxy) is 2. The fourth-order valence-corrected chi connectivity index (χ4v) is 2.66. The Morgan fingerprint density at radius 1 is 1.14 bits per heavy atom. The fourth-order valence-electron chi connectivity index (χ4n) is 2.66. The molecule has 0 saturated heterocycles. The number of aromatic nitrogens is 3. The molecule has 28 heavy (non-hydrogen) atoms. The standard InChI is InChI=1S/C20H22N4O4/c1-26-16-6-5-14(12-17(16)27-2)9-11-22-18(25)7-8-19-23-20(24-28-19)15-4-3-10-21-13-15/h3-6,10,12-13H,7-9,11H2,1-2H3,(H,22,25). The maximum atomic E-state index is 12.1. The smallest absolute Gasteiger partial charge is 0.227 e. The van der Waals surface area contributed by atoms with Gasteiger partial charge >= 0.3 is 0 Å². The summed E-state index contributed by atoms with van der Waals surface area (Å²) in [5, 5.41) is 6.81. The number of pyridine rings is 1. The van der Waals surface area contributed by atoms with Crippen LogP contribution in [0.5, 0.6) is 11.5 Å². The second-order valence-electron chi connectivity index (χ2n) is 6.04. The Kier molecular flexibility index (Phi) is 6.56. The summed E-state index contributed by atoms with van der Waals surface area (Å²) in [6.45, 7) is 0.527. The highest BCUT2D eigenvalue weighted by molar-refractivity contribution is 5.76. The molecule has 146 valence electrons. The molecule has 1 N–H and O–H groups in total. The first-order valence-electron chi connectivity index (χ1n) is 8.90. The monoisotopic (exact) mass is 382 g/mol. The van der Waals surface area contributed by atoms with E-state index in [4.69, 9.17) is 14.0 Å². The quantitative estimate of drug-likeness (QED) is 0.607. The van der Waals surface area contributed by atoms with E-state index in [1.54, 1.807) is 32.7 Å². The molecule has 0 aliphatic rings. The van der Waals surface area contributed by atoms with Crippen molar-refractivity contribution in [2.45, 2.75) is 19.3 Å². The highest BCUT2D eigenvalue weighted by atomic mass is 16.5. The number of hydrogen-bond acceptors (Lipinski definition) is 7. The zero-order chi connectivity index (χ0) is 19.8. The van der Waals surface area contributed by atoms with E-state index in [-0.39, 0.29) is 12.3 Å². The number of aryl methyl sites for hydroxylation is 1. The number of nitrogens with one attached hydrogen (secondary N) is 1. The third-order valence-corrected chi connectivity index (χ3v) is 4.14. The van der Waals surface area contributed by atoms with Gasteiger partial charge < -0.3 is 19.3 Å². The molecular formula is C20H22N4O4. The molecule has 2 aromatic heterocycles. The molecule has 3 aromatic rings. The molecule has 0 fully saturated rings. The summed E-state index contributed by atoms with van der Waals surface area (Å²) in [5.74, 6) is 2.18. The predicted molar refractivity (Wildman–Crippen MR) is 102 cm³/mol. The Balaban J connectivity index is 1.43. The van der Waals surface area contributed by atoms with Crippen LogP contribution >= 0.6 is 0 Å². The second-order valence-corrected chi connectivity index (χ2v) is 6.04. The predicted octanol–water partition coefficient (Wildman–Crippen LogP) is 2.44. The van der Waals surface area contributed by atoms with Crippen molar-refractivity contribution in [1.29, 1.82) is 0 Å². The molecule has 0 aliphatic carbocycles. The van der Waals surface area contributed by atoms with Crippen molar-refractivity contribution in [3.8, 4) is 22.9 Å². The largest absolute Gasteiger partial charge is 0.493 e. The number of carbonyl (C=O) groups excluding carboxylic acids is 1. The third-order valence-electron chi connectivity index (χ3n) is 4.14. The average molecular weight is 382 g/mol. The Morgan fingerprint density at radius 3 is 2.75 bits per heavy atom. The van der Waals surface area contributed by atoms with Gasteiger partial charge in [0.2, 0.25) is 17.6 Å². The van der Waals surface area contributed by atoms with E-state index in [2.05, 4.69) is 20.4 Å². The minimum absolute atomic E-state index is 0.0680. The normalized spacial score (nSPS) is 10.5. The van der Waals surface area contributed by atoms with Crippen LogP contribution in [0.4, 0.5) is 0 Å². The number of hydrogen-bond donors (Lipinski definition) is 1. The summed E-state index contributed by atoms with van der Waals surface area (Å²) >= 11 is 0. The minimum atomic E-state index is -0.0680. The van der Waals surface area contributed by atoms with Crippen LogP contribution in [0.1, 0.15) is 17.9 Å². The topological polar surface area (TPSA) is 99.4 Å². The van der Waals surface area contributed by atoms with E-state index in [9.17, 15) is 4.79 Å². The maximum Gasteiger partial charge on any atom is 0.227 e. The van der Waals surface area contributed by atoms with Crippen LogP contribution in [0.25, 0.3) is 11.4 Å². The van der Waals surface area contributed by atoms with E-state index in [1.165, 1.54) is 0 Å². The Labute approximate surface area is 162 Å². The van der Waals surface area contributed by atoms with Gasteiger partial charge in [-0.1, -0.05) is 11.2 Å². The first kappa shape index (κ1) is 19.3.